The summed E-state index contributed by atoms with van der Waals surface area (Å²) in [7, 11) is 2.59. The number of rotatable bonds is 6. The van der Waals surface area contributed by atoms with Gasteiger partial charge in [-0.15, -0.1) is 11.3 Å². The molecule has 0 N–H and O–H groups in total. The Morgan fingerprint density at radius 2 is 1.93 bits per heavy atom. The quantitative estimate of drug-likeness (QED) is 0.399. The standard InChI is InChI=1S/C14H13F5N4O4S/c1-22(2)11(24)12(25)23(26-6-9(15)16)5-7-3-4-8(28-7)10-20-13(27-21-10)14(17,18)19/h3-4,9H,5-6H2,1-2H3. The van der Waals surface area contributed by atoms with Crippen LogP contribution in [-0.4, -0.2) is 59.0 Å². The van der Waals surface area contributed by atoms with Crippen molar-refractivity contribution in [3.8, 4) is 10.7 Å². The third-order valence-corrected chi connectivity index (χ3v) is 4.09. The number of aromatic nitrogens is 2. The molecule has 14 heteroatoms. The van der Waals surface area contributed by atoms with Gasteiger partial charge in [-0.25, -0.2) is 13.8 Å². The highest BCUT2D eigenvalue weighted by Crippen LogP contribution is 2.32. The van der Waals surface area contributed by atoms with Gasteiger partial charge in [-0.1, -0.05) is 5.16 Å². The number of likely N-dealkylation sites (N-methyl/N-ethyl adjacent to an activating group) is 1. The molecule has 0 aliphatic carbocycles. The van der Waals surface area contributed by atoms with Gasteiger partial charge < -0.3 is 9.42 Å². The summed E-state index contributed by atoms with van der Waals surface area (Å²) < 4.78 is 66.5. The van der Waals surface area contributed by atoms with Gasteiger partial charge in [0.1, 0.15) is 6.61 Å². The van der Waals surface area contributed by atoms with Crippen LogP contribution in [0, 0.1) is 0 Å². The molecule has 154 valence electrons. The number of thiophene rings is 1. The molecule has 2 aromatic rings. The second-order valence-electron chi connectivity index (χ2n) is 5.42. The third-order valence-electron chi connectivity index (χ3n) is 3.02. The molecule has 0 saturated heterocycles. The van der Waals surface area contributed by atoms with Crippen LogP contribution in [0.1, 0.15) is 10.8 Å². The van der Waals surface area contributed by atoms with Crippen molar-refractivity contribution in [3.63, 3.8) is 0 Å². The lowest BCUT2D eigenvalue weighted by Gasteiger charge is -2.22. The van der Waals surface area contributed by atoms with E-state index in [0.717, 1.165) is 16.2 Å². The van der Waals surface area contributed by atoms with Gasteiger partial charge in [0.05, 0.1) is 11.4 Å². The number of carbonyl (C=O) groups excluding carboxylic acids is 2. The molecule has 2 rings (SSSR count). The first-order valence-corrected chi connectivity index (χ1v) is 8.25. The van der Waals surface area contributed by atoms with Crippen molar-refractivity contribution in [2.24, 2.45) is 0 Å². The van der Waals surface area contributed by atoms with E-state index in [-0.39, 0.29) is 17.2 Å². The number of hydrogen-bond donors (Lipinski definition) is 0. The summed E-state index contributed by atoms with van der Waals surface area (Å²) in [5.41, 5.74) is 0. The van der Waals surface area contributed by atoms with Crippen molar-refractivity contribution in [3.05, 3.63) is 22.9 Å². The van der Waals surface area contributed by atoms with Crippen LogP contribution in [0.2, 0.25) is 0 Å². The van der Waals surface area contributed by atoms with E-state index in [2.05, 4.69) is 14.7 Å². The van der Waals surface area contributed by atoms with Crippen molar-refractivity contribution in [2.75, 3.05) is 20.7 Å². The Kier molecular flexibility index (Phi) is 6.66. The highest BCUT2D eigenvalue weighted by atomic mass is 32.1. The zero-order valence-corrected chi connectivity index (χ0v) is 15.2. The number of halogens is 5. The van der Waals surface area contributed by atoms with Crippen LogP contribution in [0.3, 0.4) is 0 Å². The van der Waals surface area contributed by atoms with Gasteiger partial charge in [-0.3, -0.25) is 14.4 Å². The maximum Gasteiger partial charge on any atom is 0.471 e. The Bertz CT molecular complexity index is 836. The molecule has 2 aromatic heterocycles. The largest absolute Gasteiger partial charge is 0.471 e. The smallest absolute Gasteiger partial charge is 0.340 e. The predicted octanol–water partition coefficient (Wildman–Crippen LogP) is 2.43. The van der Waals surface area contributed by atoms with Crippen LogP contribution in [0.4, 0.5) is 22.0 Å². The fourth-order valence-corrected chi connectivity index (χ4v) is 2.69. The van der Waals surface area contributed by atoms with Gasteiger partial charge in [0, 0.05) is 19.0 Å². The van der Waals surface area contributed by atoms with Gasteiger partial charge >= 0.3 is 23.9 Å². The molecule has 0 spiro atoms. The third kappa shape index (κ3) is 5.45. The maximum absolute atomic E-state index is 12.5. The lowest BCUT2D eigenvalue weighted by atomic mass is 10.4. The predicted molar refractivity (Wildman–Crippen MR) is 83.8 cm³/mol. The molecular weight excluding hydrogens is 415 g/mol. The Labute approximate surface area is 158 Å². The summed E-state index contributed by atoms with van der Waals surface area (Å²) in [6.07, 6.45) is -7.69. The first-order valence-electron chi connectivity index (χ1n) is 7.43. The zero-order valence-electron chi connectivity index (χ0n) is 14.4. The summed E-state index contributed by atoms with van der Waals surface area (Å²) in [4.78, 5) is 33.2. The van der Waals surface area contributed by atoms with E-state index in [1.807, 2.05) is 0 Å². The van der Waals surface area contributed by atoms with E-state index < -0.39 is 36.9 Å². The van der Waals surface area contributed by atoms with Crippen LogP contribution in [0.25, 0.3) is 10.7 Å². The monoisotopic (exact) mass is 428 g/mol. The molecule has 0 unspecified atom stereocenters. The summed E-state index contributed by atoms with van der Waals surface area (Å²) in [5.74, 6) is -4.04. The number of carbonyl (C=O) groups is 2. The van der Waals surface area contributed by atoms with E-state index in [1.54, 1.807) is 0 Å². The van der Waals surface area contributed by atoms with Crippen LogP contribution >= 0.6 is 11.3 Å². The second-order valence-corrected chi connectivity index (χ2v) is 6.58. The van der Waals surface area contributed by atoms with Crippen LogP contribution in [0.5, 0.6) is 0 Å². The first-order chi connectivity index (χ1) is 13.0. The molecule has 0 saturated carbocycles. The van der Waals surface area contributed by atoms with Crippen molar-refractivity contribution in [1.82, 2.24) is 20.1 Å². The second kappa shape index (κ2) is 8.60. The van der Waals surface area contributed by atoms with Crippen molar-refractivity contribution in [2.45, 2.75) is 19.1 Å². The molecule has 28 heavy (non-hydrogen) atoms. The molecule has 0 atom stereocenters. The molecule has 2 heterocycles. The molecule has 0 fully saturated rings. The average Bonchev–Trinajstić information content (AvgIpc) is 3.25. The van der Waals surface area contributed by atoms with Crippen molar-refractivity contribution >= 4 is 23.2 Å². The normalized spacial score (nSPS) is 11.7. The zero-order chi connectivity index (χ0) is 21.1. The Morgan fingerprint density at radius 1 is 1.25 bits per heavy atom. The Hall–Kier alpha value is -2.61. The topological polar surface area (TPSA) is 88.8 Å². The highest BCUT2D eigenvalue weighted by molar-refractivity contribution is 7.15. The van der Waals surface area contributed by atoms with Crippen LogP contribution in [-0.2, 0) is 27.1 Å². The lowest BCUT2D eigenvalue weighted by Crippen LogP contribution is -2.42. The molecule has 0 aliphatic heterocycles. The van der Waals surface area contributed by atoms with Crippen molar-refractivity contribution < 1.29 is 40.9 Å². The number of amides is 2. The number of hydrogen-bond acceptors (Lipinski definition) is 7. The number of nitrogens with zero attached hydrogens (tertiary/aromatic N) is 4. The number of hydroxylamine groups is 2. The summed E-state index contributed by atoms with van der Waals surface area (Å²) >= 11 is 0.871. The molecule has 0 aromatic carbocycles. The van der Waals surface area contributed by atoms with E-state index in [1.165, 1.54) is 26.2 Å². The molecule has 8 nitrogen and oxygen atoms in total. The minimum Gasteiger partial charge on any atom is -0.340 e. The molecular formula is C14H13F5N4O4S. The maximum atomic E-state index is 12.5. The Morgan fingerprint density at radius 3 is 2.46 bits per heavy atom. The molecule has 0 aliphatic rings. The molecule has 0 bridgehead atoms. The van der Waals surface area contributed by atoms with E-state index in [4.69, 9.17) is 4.84 Å². The molecule has 2 amide bonds. The fraction of sp³-hybridized carbons (Fsp3) is 0.429. The van der Waals surface area contributed by atoms with Crippen LogP contribution in [0.15, 0.2) is 16.7 Å². The first kappa shape index (κ1) is 21.7. The van der Waals surface area contributed by atoms with E-state index in [9.17, 15) is 31.5 Å². The van der Waals surface area contributed by atoms with Gasteiger partial charge in [0.15, 0.2) is 0 Å². The highest BCUT2D eigenvalue weighted by Gasteiger charge is 2.38. The fourth-order valence-electron chi connectivity index (χ4n) is 1.78. The Balaban J connectivity index is 2.17. The lowest BCUT2D eigenvalue weighted by molar-refractivity contribution is -0.204. The van der Waals surface area contributed by atoms with Gasteiger partial charge in [-0.05, 0) is 12.1 Å². The SMILES string of the molecule is CN(C)C(=O)C(=O)N(Cc1ccc(-c2noc(C(F)(F)F)n2)s1)OCC(F)F. The average molecular weight is 428 g/mol. The minimum atomic E-state index is -4.80. The van der Waals surface area contributed by atoms with Crippen LogP contribution < -0.4 is 0 Å². The summed E-state index contributed by atoms with van der Waals surface area (Å²) in [6.45, 7) is -1.51. The minimum absolute atomic E-state index is 0.175. The molecule has 0 radical (unpaired) electrons. The van der Waals surface area contributed by atoms with E-state index >= 15 is 0 Å². The summed E-state index contributed by atoms with van der Waals surface area (Å²) in [5, 5.41) is 3.68. The van der Waals surface area contributed by atoms with Gasteiger partial charge in [0.2, 0.25) is 5.82 Å². The number of alkyl halides is 5. The van der Waals surface area contributed by atoms with Gasteiger partial charge in [0.25, 0.3) is 6.43 Å². The van der Waals surface area contributed by atoms with Gasteiger partial charge in [-0.2, -0.15) is 18.2 Å². The van der Waals surface area contributed by atoms with E-state index in [0.29, 0.717) is 9.94 Å². The summed E-state index contributed by atoms with van der Waals surface area (Å²) in [6, 6.07) is 2.75. The van der Waals surface area contributed by atoms with Crippen molar-refractivity contribution in [1.29, 1.82) is 0 Å².